The molecule has 0 saturated heterocycles. The first kappa shape index (κ1) is 14.9. The van der Waals surface area contributed by atoms with E-state index in [9.17, 15) is 9.36 Å². The first-order valence-corrected chi connectivity index (χ1v) is 6.78. The van der Waals surface area contributed by atoms with Crippen LogP contribution >= 0.6 is 7.82 Å². The number of carbonyl (C=O) groups is 1. The molecule has 0 bridgehead atoms. The number of hydrogen-bond donors (Lipinski definition) is 1. The average Bonchev–Trinajstić information content (AvgIpc) is 2.39. The van der Waals surface area contributed by atoms with E-state index in [1.54, 1.807) is 24.3 Å². The number of ether oxygens (including phenoxy) is 1. The van der Waals surface area contributed by atoms with Crippen molar-refractivity contribution in [2.24, 2.45) is 0 Å². The SMILES string of the molecule is COP(=O)(O)OCCCOc1ccc(C=O)cc1. The molecule has 0 aliphatic rings. The van der Waals surface area contributed by atoms with Crippen molar-refractivity contribution in [3.05, 3.63) is 29.8 Å². The molecule has 0 heterocycles. The molecule has 1 aromatic rings. The second-order valence-electron chi connectivity index (χ2n) is 3.37. The number of phosphoric ester groups is 1. The number of benzene rings is 1. The standard InChI is InChI=1S/C11H15O6P/c1-15-18(13,14)17-8-2-7-16-11-5-3-10(9-12)4-6-11/h3-6,9H,2,7-8H2,1H3,(H,13,14). The Morgan fingerprint density at radius 2 is 1.94 bits per heavy atom. The molecule has 1 rings (SSSR count). The lowest BCUT2D eigenvalue weighted by atomic mass is 10.2. The van der Waals surface area contributed by atoms with E-state index in [1.807, 2.05) is 0 Å². The molecule has 18 heavy (non-hydrogen) atoms. The molecular formula is C11H15O6P. The minimum atomic E-state index is -3.89. The van der Waals surface area contributed by atoms with E-state index in [0.717, 1.165) is 13.4 Å². The van der Waals surface area contributed by atoms with Gasteiger partial charge in [0.25, 0.3) is 0 Å². The van der Waals surface area contributed by atoms with Crippen LogP contribution in [0.25, 0.3) is 0 Å². The van der Waals surface area contributed by atoms with E-state index < -0.39 is 7.82 Å². The van der Waals surface area contributed by atoms with Crippen molar-refractivity contribution in [1.82, 2.24) is 0 Å². The summed E-state index contributed by atoms with van der Waals surface area (Å²) in [6.45, 7) is 0.401. The molecule has 0 saturated carbocycles. The molecule has 0 amide bonds. The summed E-state index contributed by atoms with van der Waals surface area (Å²) in [5.41, 5.74) is 0.576. The normalized spacial score (nSPS) is 13.9. The summed E-state index contributed by atoms with van der Waals surface area (Å²) < 4.78 is 25.1. The molecule has 0 spiro atoms. The van der Waals surface area contributed by atoms with E-state index in [0.29, 0.717) is 24.3 Å². The van der Waals surface area contributed by atoms with Crippen molar-refractivity contribution in [3.63, 3.8) is 0 Å². The largest absolute Gasteiger partial charge is 0.494 e. The molecular weight excluding hydrogens is 259 g/mol. The summed E-state index contributed by atoms with van der Waals surface area (Å²) in [4.78, 5) is 19.4. The Morgan fingerprint density at radius 3 is 2.50 bits per heavy atom. The molecule has 0 aromatic heterocycles. The number of hydrogen-bond acceptors (Lipinski definition) is 5. The van der Waals surface area contributed by atoms with Crippen molar-refractivity contribution < 1.29 is 28.0 Å². The Labute approximate surface area is 105 Å². The summed E-state index contributed by atoms with van der Waals surface area (Å²) in [7, 11) is -2.79. The summed E-state index contributed by atoms with van der Waals surface area (Å²) in [5.74, 6) is 0.625. The first-order chi connectivity index (χ1) is 8.57. The Kier molecular flexibility index (Phi) is 6.01. The topological polar surface area (TPSA) is 82.1 Å². The summed E-state index contributed by atoms with van der Waals surface area (Å²) in [6, 6.07) is 6.64. The quantitative estimate of drug-likeness (QED) is 0.443. The minimum absolute atomic E-state index is 0.0635. The lowest BCUT2D eigenvalue weighted by Gasteiger charge is -2.09. The molecule has 0 fully saturated rings. The summed E-state index contributed by atoms with van der Waals surface area (Å²) in [5, 5.41) is 0. The minimum Gasteiger partial charge on any atom is -0.494 e. The fourth-order valence-electron chi connectivity index (χ4n) is 1.12. The molecule has 0 aliphatic carbocycles. The number of carbonyl (C=O) groups excluding carboxylic acids is 1. The second kappa shape index (κ2) is 7.28. The monoisotopic (exact) mass is 274 g/mol. The van der Waals surface area contributed by atoms with Crippen LogP contribution in [0.1, 0.15) is 16.8 Å². The van der Waals surface area contributed by atoms with Crippen molar-refractivity contribution in [1.29, 1.82) is 0 Å². The molecule has 1 atom stereocenters. The molecule has 100 valence electrons. The smallest absolute Gasteiger partial charge is 0.471 e. The Morgan fingerprint density at radius 1 is 1.28 bits per heavy atom. The lowest BCUT2D eigenvalue weighted by Crippen LogP contribution is -2.02. The van der Waals surface area contributed by atoms with E-state index in [2.05, 4.69) is 9.05 Å². The van der Waals surface area contributed by atoms with Crippen molar-refractivity contribution in [3.8, 4) is 5.75 Å². The van der Waals surface area contributed by atoms with E-state index in [4.69, 9.17) is 9.63 Å². The maximum Gasteiger partial charge on any atom is 0.471 e. The highest BCUT2D eigenvalue weighted by molar-refractivity contribution is 7.47. The van der Waals surface area contributed by atoms with E-state index in [1.165, 1.54) is 0 Å². The van der Waals surface area contributed by atoms with Crippen LogP contribution in [-0.2, 0) is 13.6 Å². The summed E-state index contributed by atoms with van der Waals surface area (Å²) >= 11 is 0. The van der Waals surface area contributed by atoms with Crippen LogP contribution in [0.2, 0.25) is 0 Å². The van der Waals surface area contributed by atoms with Gasteiger partial charge in [0.2, 0.25) is 0 Å². The molecule has 7 heteroatoms. The third-order valence-corrected chi connectivity index (χ3v) is 3.03. The first-order valence-electron chi connectivity index (χ1n) is 5.28. The molecule has 1 unspecified atom stereocenters. The van der Waals surface area contributed by atoms with Crippen LogP contribution in [0.15, 0.2) is 24.3 Å². The van der Waals surface area contributed by atoms with Gasteiger partial charge in [-0.3, -0.25) is 13.8 Å². The third-order valence-electron chi connectivity index (χ3n) is 2.06. The molecule has 6 nitrogen and oxygen atoms in total. The predicted molar refractivity (Wildman–Crippen MR) is 64.7 cm³/mol. The van der Waals surface area contributed by atoms with Gasteiger partial charge in [-0.1, -0.05) is 0 Å². The van der Waals surface area contributed by atoms with Gasteiger partial charge >= 0.3 is 7.82 Å². The Hall–Kier alpha value is -1.20. The van der Waals surface area contributed by atoms with Gasteiger partial charge in [-0.25, -0.2) is 4.57 Å². The Balaban J connectivity index is 2.21. The fraction of sp³-hybridized carbons (Fsp3) is 0.364. The number of aldehydes is 1. The van der Waals surface area contributed by atoms with E-state index in [-0.39, 0.29) is 6.61 Å². The molecule has 0 aliphatic heterocycles. The van der Waals surface area contributed by atoms with Gasteiger partial charge in [0.1, 0.15) is 12.0 Å². The van der Waals surface area contributed by atoms with Crippen LogP contribution in [-0.4, -0.2) is 31.5 Å². The highest BCUT2D eigenvalue weighted by Crippen LogP contribution is 2.41. The zero-order valence-corrected chi connectivity index (χ0v) is 10.8. The number of phosphoric acid groups is 1. The van der Waals surface area contributed by atoms with Gasteiger partial charge in [0.05, 0.1) is 13.2 Å². The van der Waals surface area contributed by atoms with Gasteiger partial charge in [-0.2, -0.15) is 0 Å². The van der Waals surface area contributed by atoms with E-state index >= 15 is 0 Å². The third kappa shape index (κ3) is 5.42. The van der Waals surface area contributed by atoms with Gasteiger partial charge in [0.15, 0.2) is 0 Å². The number of rotatable bonds is 8. The molecule has 0 radical (unpaired) electrons. The maximum atomic E-state index is 10.9. The Bertz CT molecular complexity index is 416. The van der Waals surface area contributed by atoms with Gasteiger partial charge < -0.3 is 9.63 Å². The zero-order valence-electron chi connectivity index (χ0n) is 9.94. The van der Waals surface area contributed by atoms with Crippen molar-refractivity contribution in [2.75, 3.05) is 20.3 Å². The van der Waals surface area contributed by atoms with Gasteiger partial charge in [0, 0.05) is 19.1 Å². The predicted octanol–water partition coefficient (Wildman–Crippen LogP) is 2.03. The van der Waals surface area contributed by atoms with Crippen LogP contribution in [0.5, 0.6) is 5.75 Å². The lowest BCUT2D eigenvalue weighted by molar-refractivity contribution is 0.112. The highest BCUT2D eigenvalue weighted by Gasteiger charge is 2.17. The molecule has 1 aromatic carbocycles. The van der Waals surface area contributed by atoms with Crippen LogP contribution in [0, 0.1) is 0 Å². The van der Waals surface area contributed by atoms with Crippen LogP contribution in [0.4, 0.5) is 0 Å². The van der Waals surface area contributed by atoms with Crippen molar-refractivity contribution >= 4 is 14.1 Å². The highest BCUT2D eigenvalue weighted by atomic mass is 31.2. The van der Waals surface area contributed by atoms with Gasteiger partial charge in [-0.05, 0) is 24.3 Å². The average molecular weight is 274 g/mol. The van der Waals surface area contributed by atoms with Crippen LogP contribution < -0.4 is 4.74 Å². The maximum absolute atomic E-state index is 10.9. The second-order valence-corrected chi connectivity index (χ2v) is 4.93. The summed E-state index contributed by atoms with van der Waals surface area (Å²) in [6.07, 6.45) is 1.20. The molecule has 1 N–H and O–H groups in total. The van der Waals surface area contributed by atoms with Gasteiger partial charge in [-0.15, -0.1) is 0 Å². The zero-order chi connectivity index (χ0) is 13.4. The van der Waals surface area contributed by atoms with Crippen LogP contribution in [0.3, 0.4) is 0 Å². The fourth-order valence-corrected chi connectivity index (χ4v) is 1.59. The van der Waals surface area contributed by atoms with Crippen molar-refractivity contribution in [2.45, 2.75) is 6.42 Å².